The summed E-state index contributed by atoms with van der Waals surface area (Å²) in [4.78, 5) is 71.2. The third-order valence-corrected chi connectivity index (χ3v) is 4.54. The van der Waals surface area contributed by atoms with Crippen LogP contribution in [0, 0.1) is 0 Å². The summed E-state index contributed by atoms with van der Waals surface area (Å²) in [6.07, 6.45) is -4.26. The van der Waals surface area contributed by atoms with Gasteiger partial charge in [0.25, 0.3) is 0 Å². The molecule has 0 spiro atoms. The second-order valence-electron chi connectivity index (χ2n) is 7.45. The van der Waals surface area contributed by atoms with Crippen molar-refractivity contribution < 1.29 is 53.2 Å². The zero-order chi connectivity index (χ0) is 27.2. The van der Waals surface area contributed by atoms with Crippen molar-refractivity contribution >= 4 is 36.1 Å². The topological polar surface area (TPSA) is 195 Å². The smallest absolute Gasteiger partial charge is 0.408 e. The highest BCUT2D eigenvalue weighted by atomic mass is 16.6. The van der Waals surface area contributed by atoms with Gasteiger partial charge in [-0.3, -0.25) is 9.59 Å². The van der Waals surface area contributed by atoms with Crippen LogP contribution in [0.1, 0.15) is 24.0 Å². The maximum Gasteiger partial charge on any atom is 0.408 e. The summed E-state index contributed by atoms with van der Waals surface area (Å²) in [7, 11) is 0. The van der Waals surface area contributed by atoms with Gasteiger partial charge in [-0.2, -0.15) is 0 Å². The molecule has 0 unspecified atom stereocenters. The van der Waals surface area contributed by atoms with Crippen LogP contribution in [-0.2, 0) is 46.6 Å². The summed E-state index contributed by atoms with van der Waals surface area (Å²) < 4.78 is 14.4. The van der Waals surface area contributed by atoms with Gasteiger partial charge in [-0.25, -0.2) is 19.2 Å². The van der Waals surface area contributed by atoms with Crippen LogP contribution in [-0.4, -0.2) is 58.4 Å². The lowest BCUT2D eigenvalue weighted by Crippen LogP contribution is -2.48. The molecule has 0 bridgehead atoms. The Morgan fingerprint density at radius 1 is 0.622 bits per heavy atom. The van der Waals surface area contributed by atoms with Crippen molar-refractivity contribution in [2.75, 3.05) is 0 Å². The van der Waals surface area contributed by atoms with Gasteiger partial charge in [0, 0.05) is 0 Å². The highest BCUT2D eigenvalue weighted by Gasteiger charge is 2.32. The fourth-order valence-corrected chi connectivity index (χ4v) is 2.79. The van der Waals surface area contributed by atoms with E-state index in [2.05, 4.69) is 4.74 Å². The molecule has 0 aliphatic carbocycles. The lowest BCUT2D eigenvalue weighted by atomic mass is 10.2. The molecule has 0 aromatic heterocycles. The minimum Gasteiger partial charge on any atom is -0.481 e. The number of benzene rings is 2. The SMILES string of the molecule is O=C(O)C[C@@H](NC(=O)OCc1ccccc1)C(=O)OC(=O)[C@@H](CC(=O)O)NC(=O)OCc1ccccc1. The Bertz CT molecular complexity index is 1020. The molecule has 0 fully saturated rings. The van der Waals surface area contributed by atoms with Crippen LogP contribution in [0.25, 0.3) is 0 Å². The van der Waals surface area contributed by atoms with Crippen LogP contribution in [0.2, 0.25) is 0 Å². The van der Waals surface area contributed by atoms with Crippen LogP contribution < -0.4 is 10.6 Å². The lowest BCUT2D eigenvalue weighted by Gasteiger charge is -2.18. The third kappa shape index (κ3) is 10.9. The van der Waals surface area contributed by atoms with E-state index in [-0.39, 0.29) is 13.2 Å². The Balaban J connectivity index is 1.97. The summed E-state index contributed by atoms with van der Waals surface area (Å²) in [6, 6.07) is 13.2. The lowest BCUT2D eigenvalue weighted by molar-refractivity contribution is -0.165. The fraction of sp³-hybridized carbons (Fsp3) is 0.250. The molecule has 2 aromatic carbocycles. The van der Waals surface area contributed by atoms with Crippen LogP contribution >= 0.6 is 0 Å². The summed E-state index contributed by atoms with van der Waals surface area (Å²) in [5.74, 6) is -6.03. The number of hydrogen-bond acceptors (Lipinski definition) is 9. The molecule has 2 aromatic rings. The number of hydrogen-bond donors (Lipinski definition) is 4. The van der Waals surface area contributed by atoms with Gasteiger partial charge in [-0.1, -0.05) is 60.7 Å². The van der Waals surface area contributed by atoms with Gasteiger partial charge in [0.05, 0.1) is 12.8 Å². The molecule has 13 heteroatoms. The molecule has 2 rings (SSSR count). The second-order valence-corrected chi connectivity index (χ2v) is 7.45. The van der Waals surface area contributed by atoms with Crippen LogP contribution in [0.5, 0.6) is 0 Å². The van der Waals surface area contributed by atoms with E-state index in [1.807, 2.05) is 10.6 Å². The van der Waals surface area contributed by atoms with Crippen molar-refractivity contribution in [2.45, 2.75) is 38.1 Å². The summed E-state index contributed by atoms with van der Waals surface area (Å²) >= 11 is 0. The maximum absolute atomic E-state index is 12.4. The Morgan fingerprint density at radius 3 is 1.30 bits per heavy atom. The number of aliphatic carboxylic acids is 2. The minimum absolute atomic E-state index is 0.184. The van der Waals surface area contributed by atoms with Gasteiger partial charge < -0.3 is 35.1 Å². The van der Waals surface area contributed by atoms with E-state index < -0.39 is 61.0 Å². The molecule has 0 heterocycles. The zero-order valence-corrected chi connectivity index (χ0v) is 19.3. The van der Waals surface area contributed by atoms with E-state index in [9.17, 15) is 28.8 Å². The van der Waals surface area contributed by atoms with Gasteiger partial charge in [-0.15, -0.1) is 0 Å². The molecule has 37 heavy (non-hydrogen) atoms. The first kappa shape index (κ1) is 28.3. The molecule has 196 valence electrons. The summed E-state index contributed by atoms with van der Waals surface area (Å²) in [5.41, 5.74) is 1.24. The number of carboxylic acid groups (broad SMARTS) is 2. The summed E-state index contributed by atoms with van der Waals surface area (Å²) in [5, 5.41) is 22.1. The number of carbonyl (C=O) groups excluding carboxylic acids is 4. The predicted molar refractivity (Wildman–Crippen MR) is 123 cm³/mol. The van der Waals surface area contributed by atoms with Crippen LogP contribution in [0.3, 0.4) is 0 Å². The number of ether oxygens (including phenoxy) is 3. The molecule has 0 saturated carbocycles. The molecule has 4 N–H and O–H groups in total. The molecule has 2 amide bonds. The molecular weight excluding hydrogens is 492 g/mol. The normalized spacial score (nSPS) is 11.8. The van der Waals surface area contributed by atoms with E-state index in [1.54, 1.807) is 60.7 Å². The molecular formula is C24H24N2O11. The van der Waals surface area contributed by atoms with Gasteiger partial charge in [-0.05, 0) is 11.1 Å². The van der Waals surface area contributed by atoms with Crippen LogP contribution in [0.15, 0.2) is 60.7 Å². The quantitative estimate of drug-likeness (QED) is 0.182. The highest BCUT2D eigenvalue weighted by molar-refractivity contribution is 5.96. The largest absolute Gasteiger partial charge is 0.481 e. The van der Waals surface area contributed by atoms with Gasteiger partial charge in [0.1, 0.15) is 25.3 Å². The molecule has 2 atom stereocenters. The van der Waals surface area contributed by atoms with Crippen molar-refractivity contribution in [3.63, 3.8) is 0 Å². The number of rotatable bonds is 12. The second kappa shape index (κ2) is 14.5. The molecule has 0 saturated heterocycles. The Labute approximate surface area is 210 Å². The van der Waals surface area contributed by atoms with Crippen molar-refractivity contribution in [1.82, 2.24) is 10.6 Å². The average Bonchev–Trinajstić information content (AvgIpc) is 2.86. The molecule has 13 nitrogen and oxygen atoms in total. The first-order valence-corrected chi connectivity index (χ1v) is 10.8. The van der Waals surface area contributed by atoms with Crippen molar-refractivity contribution in [3.8, 4) is 0 Å². The summed E-state index contributed by atoms with van der Waals surface area (Å²) in [6.45, 7) is -0.369. The number of esters is 2. The molecule has 0 aliphatic rings. The van der Waals surface area contributed by atoms with Gasteiger partial charge in [0.2, 0.25) is 0 Å². The Morgan fingerprint density at radius 2 is 0.973 bits per heavy atom. The van der Waals surface area contributed by atoms with E-state index in [1.165, 1.54) is 0 Å². The first-order valence-electron chi connectivity index (χ1n) is 10.8. The van der Waals surface area contributed by atoms with Gasteiger partial charge >= 0.3 is 36.1 Å². The van der Waals surface area contributed by atoms with Crippen molar-refractivity contribution in [1.29, 1.82) is 0 Å². The number of amides is 2. The number of carboxylic acids is 2. The van der Waals surface area contributed by atoms with E-state index in [0.717, 1.165) is 0 Å². The Hall–Kier alpha value is -4.94. The standard InChI is InChI=1S/C24H24N2O11/c27-19(28)11-17(25-23(33)35-13-15-7-3-1-4-8-15)21(31)37-22(32)18(12-20(29)30)26-24(34)36-14-16-9-5-2-6-10-16/h1-10,17-18H,11-14H2,(H,25,33)(H,26,34)(H,27,28)(H,29,30)/t17-,18-/m1/s1. The number of alkyl carbamates (subject to hydrolysis) is 2. The van der Waals surface area contributed by atoms with E-state index >= 15 is 0 Å². The zero-order valence-electron chi connectivity index (χ0n) is 19.3. The predicted octanol–water partition coefficient (Wildman–Crippen LogP) is 1.60. The third-order valence-electron chi connectivity index (χ3n) is 4.54. The molecule has 0 aliphatic heterocycles. The van der Waals surface area contributed by atoms with E-state index in [0.29, 0.717) is 11.1 Å². The first-order chi connectivity index (χ1) is 17.6. The van der Waals surface area contributed by atoms with Crippen molar-refractivity contribution in [3.05, 3.63) is 71.8 Å². The minimum atomic E-state index is -1.85. The van der Waals surface area contributed by atoms with Crippen molar-refractivity contribution in [2.24, 2.45) is 0 Å². The van der Waals surface area contributed by atoms with E-state index in [4.69, 9.17) is 19.7 Å². The maximum atomic E-state index is 12.4. The average molecular weight is 516 g/mol. The Kier molecular flexibility index (Phi) is 11.1. The van der Waals surface area contributed by atoms with Crippen LogP contribution in [0.4, 0.5) is 9.59 Å². The number of nitrogens with one attached hydrogen (secondary N) is 2. The fourth-order valence-electron chi connectivity index (χ4n) is 2.79. The number of carbonyl (C=O) groups is 6. The molecule has 0 radical (unpaired) electrons. The van der Waals surface area contributed by atoms with Gasteiger partial charge in [0.15, 0.2) is 0 Å². The monoisotopic (exact) mass is 516 g/mol. The highest BCUT2D eigenvalue weighted by Crippen LogP contribution is 2.06.